The molecule has 0 aromatic heterocycles. The number of rotatable bonds is 7. The number of hydrogen-bond acceptors (Lipinski definition) is 3. The topological polar surface area (TPSA) is 84.2 Å². The van der Waals surface area contributed by atoms with E-state index < -0.39 is 0 Å². The van der Waals surface area contributed by atoms with Crippen molar-refractivity contribution in [1.29, 1.82) is 0 Å². The van der Waals surface area contributed by atoms with Crippen molar-refractivity contribution in [2.45, 2.75) is 38.6 Å². The van der Waals surface area contributed by atoms with Gasteiger partial charge < -0.3 is 16.4 Å². The van der Waals surface area contributed by atoms with Crippen molar-refractivity contribution in [2.24, 2.45) is 11.7 Å². The molecule has 114 valence electrons. The van der Waals surface area contributed by atoms with Crippen molar-refractivity contribution in [1.82, 2.24) is 5.32 Å². The zero-order valence-electron chi connectivity index (χ0n) is 12.4. The molecular weight excluding hydrogens is 266 g/mol. The second-order valence-corrected chi connectivity index (χ2v) is 5.75. The minimum atomic E-state index is -0.0489. The third-order valence-corrected chi connectivity index (χ3v) is 3.61. The highest BCUT2D eigenvalue weighted by molar-refractivity contribution is 5.96. The zero-order valence-corrected chi connectivity index (χ0v) is 12.4. The first-order valence-corrected chi connectivity index (χ1v) is 7.49. The minimum Gasteiger partial charge on any atom is -0.349 e. The van der Waals surface area contributed by atoms with E-state index in [2.05, 4.69) is 10.6 Å². The van der Waals surface area contributed by atoms with Gasteiger partial charge in [0.1, 0.15) is 0 Å². The molecule has 4 N–H and O–H groups in total. The molecular formula is C16H23N3O2. The predicted octanol–water partition coefficient (Wildman–Crippen LogP) is 1.89. The highest BCUT2D eigenvalue weighted by Gasteiger charge is 2.23. The molecule has 2 rings (SSSR count). The molecule has 0 saturated heterocycles. The van der Waals surface area contributed by atoms with Crippen LogP contribution in [0.15, 0.2) is 24.3 Å². The summed E-state index contributed by atoms with van der Waals surface area (Å²) in [7, 11) is 0. The van der Waals surface area contributed by atoms with Crippen LogP contribution in [0.25, 0.3) is 0 Å². The molecule has 5 heteroatoms. The van der Waals surface area contributed by atoms with Gasteiger partial charge in [0.2, 0.25) is 5.91 Å². The van der Waals surface area contributed by atoms with E-state index in [1.165, 1.54) is 0 Å². The van der Waals surface area contributed by atoms with Crippen molar-refractivity contribution in [3.05, 3.63) is 29.8 Å². The summed E-state index contributed by atoms with van der Waals surface area (Å²) in [6.07, 6.45) is 3.38. The summed E-state index contributed by atoms with van der Waals surface area (Å²) in [6, 6.07) is 7.32. The molecule has 2 amide bonds. The van der Waals surface area contributed by atoms with Gasteiger partial charge in [0, 0.05) is 23.7 Å². The van der Waals surface area contributed by atoms with E-state index in [-0.39, 0.29) is 11.8 Å². The van der Waals surface area contributed by atoms with Crippen LogP contribution in [0.4, 0.5) is 5.69 Å². The van der Waals surface area contributed by atoms with Crippen LogP contribution in [0.5, 0.6) is 0 Å². The van der Waals surface area contributed by atoms with Crippen molar-refractivity contribution in [2.75, 3.05) is 11.9 Å². The van der Waals surface area contributed by atoms with Gasteiger partial charge in [-0.15, -0.1) is 0 Å². The Bertz CT molecular complexity index is 495. The lowest BCUT2D eigenvalue weighted by Gasteiger charge is -2.09. The average molecular weight is 289 g/mol. The molecule has 0 heterocycles. The fourth-order valence-electron chi connectivity index (χ4n) is 1.92. The Morgan fingerprint density at radius 3 is 2.52 bits per heavy atom. The summed E-state index contributed by atoms with van der Waals surface area (Å²) in [5.41, 5.74) is 6.86. The Morgan fingerprint density at radius 1 is 1.29 bits per heavy atom. The third kappa shape index (κ3) is 5.19. The monoisotopic (exact) mass is 289 g/mol. The van der Waals surface area contributed by atoms with Gasteiger partial charge in [-0.3, -0.25) is 9.59 Å². The fraction of sp³-hybridized carbons (Fsp3) is 0.500. The van der Waals surface area contributed by atoms with E-state index in [1.54, 1.807) is 24.3 Å². The second kappa shape index (κ2) is 7.22. The maximum atomic E-state index is 11.8. The summed E-state index contributed by atoms with van der Waals surface area (Å²) >= 11 is 0. The molecule has 1 aliphatic carbocycles. The van der Waals surface area contributed by atoms with E-state index in [4.69, 9.17) is 5.73 Å². The van der Waals surface area contributed by atoms with Gasteiger partial charge in [-0.2, -0.15) is 0 Å². The van der Waals surface area contributed by atoms with Crippen LogP contribution in [0.1, 0.15) is 43.0 Å². The van der Waals surface area contributed by atoms with Gasteiger partial charge in [0.25, 0.3) is 5.91 Å². The Balaban J connectivity index is 1.81. The largest absolute Gasteiger partial charge is 0.349 e. The molecule has 1 unspecified atom stereocenters. The lowest BCUT2D eigenvalue weighted by Crippen LogP contribution is -2.25. The zero-order chi connectivity index (χ0) is 15.2. The molecule has 5 nitrogen and oxygen atoms in total. The van der Waals surface area contributed by atoms with Gasteiger partial charge in [-0.25, -0.2) is 0 Å². The molecule has 1 aliphatic rings. The second-order valence-electron chi connectivity index (χ2n) is 5.75. The van der Waals surface area contributed by atoms with Crippen LogP contribution >= 0.6 is 0 Å². The molecule has 1 aromatic rings. The molecule has 0 spiro atoms. The normalized spacial score (nSPS) is 15.3. The van der Waals surface area contributed by atoms with Crippen LogP contribution in [0.2, 0.25) is 0 Å². The van der Waals surface area contributed by atoms with Crippen molar-refractivity contribution < 1.29 is 9.59 Å². The highest BCUT2D eigenvalue weighted by atomic mass is 16.2. The third-order valence-electron chi connectivity index (χ3n) is 3.61. The van der Waals surface area contributed by atoms with Crippen LogP contribution < -0.4 is 16.4 Å². The van der Waals surface area contributed by atoms with Crippen molar-refractivity contribution in [3.8, 4) is 0 Å². The SMILES string of the molecule is CC(CN)CCC(=O)Nc1ccc(C(=O)NC2CC2)cc1. The highest BCUT2D eigenvalue weighted by Crippen LogP contribution is 2.19. The van der Waals surface area contributed by atoms with Crippen molar-refractivity contribution >= 4 is 17.5 Å². The van der Waals surface area contributed by atoms with Gasteiger partial charge in [-0.1, -0.05) is 6.92 Å². The smallest absolute Gasteiger partial charge is 0.251 e. The molecule has 1 fully saturated rings. The number of anilines is 1. The minimum absolute atomic E-state index is 0.0227. The standard InChI is InChI=1S/C16H23N3O2/c1-11(10-17)2-9-15(20)18-13-5-3-12(4-6-13)16(21)19-14-7-8-14/h3-6,11,14H,2,7-10,17H2,1H3,(H,18,20)(H,19,21). The summed E-state index contributed by atoms with van der Waals surface area (Å²) in [6.45, 7) is 2.62. The van der Waals surface area contributed by atoms with Gasteiger partial charge in [0.15, 0.2) is 0 Å². The van der Waals surface area contributed by atoms with Crippen LogP contribution in [0.3, 0.4) is 0 Å². The maximum absolute atomic E-state index is 11.8. The van der Waals surface area contributed by atoms with E-state index in [9.17, 15) is 9.59 Å². The fourth-order valence-corrected chi connectivity index (χ4v) is 1.92. The summed E-state index contributed by atoms with van der Waals surface area (Å²) in [5, 5.41) is 5.76. The first-order chi connectivity index (χ1) is 10.1. The lowest BCUT2D eigenvalue weighted by atomic mass is 10.1. The number of nitrogens with two attached hydrogens (primary N) is 1. The van der Waals surface area contributed by atoms with Gasteiger partial charge in [0.05, 0.1) is 0 Å². The molecule has 1 aromatic carbocycles. The van der Waals surface area contributed by atoms with E-state index >= 15 is 0 Å². The summed E-state index contributed by atoms with van der Waals surface area (Å²) < 4.78 is 0. The molecule has 1 atom stereocenters. The summed E-state index contributed by atoms with van der Waals surface area (Å²) in [4.78, 5) is 23.6. The first-order valence-electron chi connectivity index (χ1n) is 7.49. The number of benzene rings is 1. The molecule has 1 saturated carbocycles. The Kier molecular flexibility index (Phi) is 5.33. The van der Waals surface area contributed by atoms with Gasteiger partial charge in [-0.05, 0) is 56.0 Å². The number of nitrogens with one attached hydrogen (secondary N) is 2. The number of carbonyl (C=O) groups excluding carboxylic acids is 2. The predicted molar refractivity (Wildman–Crippen MR) is 83.0 cm³/mol. The Morgan fingerprint density at radius 2 is 1.95 bits per heavy atom. The van der Waals surface area contributed by atoms with E-state index in [0.717, 1.165) is 19.3 Å². The van der Waals surface area contributed by atoms with E-state index in [0.29, 0.717) is 36.2 Å². The number of hydrogen-bond donors (Lipinski definition) is 3. The van der Waals surface area contributed by atoms with Crippen LogP contribution in [-0.4, -0.2) is 24.4 Å². The summed E-state index contributed by atoms with van der Waals surface area (Å²) in [5.74, 6) is 0.280. The molecule has 0 radical (unpaired) electrons. The van der Waals surface area contributed by atoms with Crippen LogP contribution in [0, 0.1) is 5.92 Å². The maximum Gasteiger partial charge on any atom is 0.251 e. The molecule has 0 bridgehead atoms. The molecule has 0 aliphatic heterocycles. The Hall–Kier alpha value is -1.88. The average Bonchev–Trinajstić information content (AvgIpc) is 3.29. The first kappa shape index (κ1) is 15.5. The Labute approximate surface area is 125 Å². The lowest BCUT2D eigenvalue weighted by molar-refractivity contribution is -0.116. The van der Waals surface area contributed by atoms with E-state index in [1.807, 2.05) is 6.92 Å². The van der Waals surface area contributed by atoms with Gasteiger partial charge >= 0.3 is 0 Å². The van der Waals surface area contributed by atoms with Crippen molar-refractivity contribution in [3.63, 3.8) is 0 Å². The molecule has 21 heavy (non-hydrogen) atoms. The van der Waals surface area contributed by atoms with Crippen LogP contribution in [-0.2, 0) is 4.79 Å². The number of carbonyl (C=O) groups is 2. The quantitative estimate of drug-likeness (QED) is 0.716. The number of amides is 2.